The molecule has 0 atom stereocenters. The van der Waals surface area contributed by atoms with Gasteiger partial charge in [0.1, 0.15) is 0 Å². The van der Waals surface area contributed by atoms with Crippen molar-refractivity contribution >= 4 is 15.8 Å². The molecule has 0 aliphatic rings. The molecule has 0 fully saturated rings. The Balaban J connectivity index is 2.15. The maximum Gasteiger partial charge on any atom is 0.294 e. The fraction of sp³-hybridized carbons (Fsp3) is 0.143. The Hall–Kier alpha value is -1.85. The van der Waals surface area contributed by atoms with Gasteiger partial charge in [0.05, 0.1) is 4.90 Å². The van der Waals surface area contributed by atoms with E-state index in [1.165, 1.54) is 12.1 Å². The number of aryl methyl sites for hydroxylation is 1. The van der Waals surface area contributed by atoms with E-state index in [1.807, 2.05) is 31.2 Å². The number of para-hydroxylation sites is 1. The molecule has 0 saturated carbocycles. The molecule has 0 aliphatic heterocycles. The van der Waals surface area contributed by atoms with Crippen LogP contribution in [0.5, 0.6) is 0 Å². The second kappa shape index (κ2) is 5.42. The van der Waals surface area contributed by atoms with Crippen LogP contribution in [0.25, 0.3) is 0 Å². The molecular weight excluding hydrogens is 262 g/mol. The van der Waals surface area contributed by atoms with Crippen LogP contribution < -0.4 is 5.32 Å². The van der Waals surface area contributed by atoms with E-state index in [-0.39, 0.29) is 4.90 Å². The number of benzene rings is 2. The van der Waals surface area contributed by atoms with Gasteiger partial charge in [-0.2, -0.15) is 8.42 Å². The lowest BCUT2D eigenvalue weighted by atomic mass is 10.2. The summed E-state index contributed by atoms with van der Waals surface area (Å²) in [7, 11) is -4.14. The maximum absolute atomic E-state index is 11.0. The van der Waals surface area contributed by atoms with Crippen LogP contribution in [0.3, 0.4) is 0 Å². The van der Waals surface area contributed by atoms with E-state index in [2.05, 4.69) is 5.32 Å². The zero-order valence-corrected chi connectivity index (χ0v) is 11.3. The topological polar surface area (TPSA) is 66.4 Å². The van der Waals surface area contributed by atoms with E-state index in [0.29, 0.717) is 6.54 Å². The molecule has 0 aromatic heterocycles. The molecule has 0 bridgehead atoms. The molecule has 0 heterocycles. The van der Waals surface area contributed by atoms with Crippen molar-refractivity contribution in [2.75, 3.05) is 5.32 Å². The molecule has 0 radical (unpaired) electrons. The minimum absolute atomic E-state index is 0.0865. The Morgan fingerprint density at radius 3 is 2.53 bits per heavy atom. The van der Waals surface area contributed by atoms with E-state index in [0.717, 1.165) is 16.8 Å². The smallest absolute Gasteiger partial charge is 0.294 e. The fourth-order valence-corrected chi connectivity index (χ4v) is 2.34. The standard InChI is InChI=1S/C14H15NO3S/c1-11-5-2-3-8-14(11)15-10-12-6-4-7-13(9-12)19(16,17)18/h2-9,15H,10H2,1H3,(H,16,17,18). The summed E-state index contributed by atoms with van der Waals surface area (Å²) in [4.78, 5) is -0.0865. The highest BCUT2D eigenvalue weighted by molar-refractivity contribution is 7.85. The summed E-state index contributed by atoms with van der Waals surface area (Å²) in [6, 6.07) is 14.1. The molecule has 0 spiro atoms. The Kier molecular flexibility index (Phi) is 3.87. The van der Waals surface area contributed by atoms with Crippen LogP contribution in [0, 0.1) is 6.92 Å². The number of hydrogen-bond acceptors (Lipinski definition) is 3. The van der Waals surface area contributed by atoms with Crippen molar-refractivity contribution in [1.29, 1.82) is 0 Å². The molecule has 2 aromatic rings. The average molecular weight is 277 g/mol. The molecule has 5 heteroatoms. The lowest BCUT2D eigenvalue weighted by Gasteiger charge is -2.09. The molecule has 0 unspecified atom stereocenters. The Bertz CT molecular complexity index is 681. The van der Waals surface area contributed by atoms with Gasteiger partial charge in [0.25, 0.3) is 10.1 Å². The van der Waals surface area contributed by atoms with Gasteiger partial charge < -0.3 is 5.32 Å². The highest BCUT2D eigenvalue weighted by Crippen LogP contribution is 2.16. The van der Waals surface area contributed by atoms with Crippen LogP contribution in [0.1, 0.15) is 11.1 Å². The molecule has 2 rings (SSSR count). The number of hydrogen-bond donors (Lipinski definition) is 2. The highest BCUT2D eigenvalue weighted by Gasteiger charge is 2.09. The summed E-state index contributed by atoms with van der Waals surface area (Å²) >= 11 is 0. The van der Waals surface area contributed by atoms with Gasteiger partial charge in [-0.1, -0.05) is 30.3 Å². The third-order valence-electron chi connectivity index (χ3n) is 2.82. The van der Waals surface area contributed by atoms with E-state index in [4.69, 9.17) is 4.55 Å². The van der Waals surface area contributed by atoms with Crippen LogP contribution >= 0.6 is 0 Å². The third kappa shape index (κ3) is 3.56. The van der Waals surface area contributed by atoms with Gasteiger partial charge in [-0.15, -0.1) is 0 Å². The van der Waals surface area contributed by atoms with Crippen molar-refractivity contribution in [3.05, 3.63) is 59.7 Å². The molecule has 0 saturated heterocycles. The van der Waals surface area contributed by atoms with E-state index in [1.54, 1.807) is 12.1 Å². The predicted octanol–water partition coefficient (Wildman–Crippen LogP) is 2.85. The average Bonchev–Trinajstić information content (AvgIpc) is 2.37. The lowest BCUT2D eigenvalue weighted by molar-refractivity contribution is 0.483. The lowest BCUT2D eigenvalue weighted by Crippen LogP contribution is -2.03. The molecule has 100 valence electrons. The summed E-state index contributed by atoms with van der Waals surface area (Å²) in [5.41, 5.74) is 2.91. The van der Waals surface area contributed by atoms with E-state index < -0.39 is 10.1 Å². The van der Waals surface area contributed by atoms with Crippen LogP contribution in [0.2, 0.25) is 0 Å². The molecule has 0 aliphatic carbocycles. The first-order valence-electron chi connectivity index (χ1n) is 5.83. The summed E-state index contributed by atoms with van der Waals surface area (Å²) < 4.78 is 31.1. The zero-order chi connectivity index (χ0) is 13.9. The molecular formula is C14H15NO3S. The monoisotopic (exact) mass is 277 g/mol. The summed E-state index contributed by atoms with van der Waals surface area (Å²) in [6.07, 6.45) is 0. The van der Waals surface area contributed by atoms with Gasteiger partial charge >= 0.3 is 0 Å². The normalized spacial score (nSPS) is 11.3. The molecule has 0 amide bonds. The molecule has 19 heavy (non-hydrogen) atoms. The summed E-state index contributed by atoms with van der Waals surface area (Å²) in [5.74, 6) is 0. The Morgan fingerprint density at radius 2 is 1.84 bits per heavy atom. The third-order valence-corrected chi connectivity index (χ3v) is 3.67. The number of rotatable bonds is 4. The largest absolute Gasteiger partial charge is 0.381 e. The summed E-state index contributed by atoms with van der Waals surface area (Å²) in [5, 5.41) is 3.23. The van der Waals surface area contributed by atoms with Gasteiger partial charge in [0, 0.05) is 12.2 Å². The van der Waals surface area contributed by atoms with Crippen molar-refractivity contribution in [1.82, 2.24) is 0 Å². The van der Waals surface area contributed by atoms with Crippen LogP contribution in [0.4, 0.5) is 5.69 Å². The minimum Gasteiger partial charge on any atom is -0.381 e. The first kappa shape index (κ1) is 13.6. The fourth-order valence-electron chi connectivity index (χ4n) is 1.78. The highest BCUT2D eigenvalue weighted by atomic mass is 32.2. The van der Waals surface area contributed by atoms with Gasteiger partial charge in [-0.25, -0.2) is 0 Å². The van der Waals surface area contributed by atoms with Gasteiger partial charge in [-0.3, -0.25) is 4.55 Å². The predicted molar refractivity (Wildman–Crippen MR) is 74.8 cm³/mol. The Morgan fingerprint density at radius 1 is 1.11 bits per heavy atom. The Labute approximate surface area is 112 Å². The van der Waals surface area contributed by atoms with Crippen molar-refractivity contribution in [2.24, 2.45) is 0 Å². The van der Waals surface area contributed by atoms with Crippen molar-refractivity contribution in [2.45, 2.75) is 18.4 Å². The van der Waals surface area contributed by atoms with Gasteiger partial charge in [-0.05, 0) is 36.2 Å². The van der Waals surface area contributed by atoms with Crippen LogP contribution in [0.15, 0.2) is 53.4 Å². The molecule has 4 nitrogen and oxygen atoms in total. The second-order valence-electron chi connectivity index (χ2n) is 4.29. The van der Waals surface area contributed by atoms with Crippen molar-refractivity contribution in [3.63, 3.8) is 0 Å². The van der Waals surface area contributed by atoms with E-state index in [9.17, 15) is 8.42 Å². The molecule has 2 aromatic carbocycles. The van der Waals surface area contributed by atoms with Crippen molar-refractivity contribution < 1.29 is 13.0 Å². The van der Waals surface area contributed by atoms with Crippen molar-refractivity contribution in [3.8, 4) is 0 Å². The maximum atomic E-state index is 11.0. The summed E-state index contributed by atoms with van der Waals surface area (Å²) in [6.45, 7) is 2.49. The van der Waals surface area contributed by atoms with E-state index >= 15 is 0 Å². The number of anilines is 1. The zero-order valence-electron chi connectivity index (χ0n) is 10.5. The molecule has 2 N–H and O–H groups in total. The first-order chi connectivity index (χ1) is 8.97. The first-order valence-corrected chi connectivity index (χ1v) is 7.27. The SMILES string of the molecule is Cc1ccccc1NCc1cccc(S(=O)(=O)O)c1. The second-order valence-corrected chi connectivity index (χ2v) is 5.71. The minimum atomic E-state index is -4.14. The number of nitrogens with one attached hydrogen (secondary N) is 1. The quantitative estimate of drug-likeness (QED) is 0.843. The van der Waals surface area contributed by atoms with Crippen LogP contribution in [-0.2, 0) is 16.7 Å². The van der Waals surface area contributed by atoms with Crippen LogP contribution in [-0.4, -0.2) is 13.0 Å². The van der Waals surface area contributed by atoms with Gasteiger partial charge in [0.15, 0.2) is 0 Å². The van der Waals surface area contributed by atoms with Gasteiger partial charge in [0.2, 0.25) is 0 Å².